The molecule has 0 saturated carbocycles. The average molecular weight is 459 g/mol. The van der Waals surface area contributed by atoms with Gasteiger partial charge in [0.15, 0.2) is 0 Å². The summed E-state index contributed by atoms with van der Waals surface area (Å²) in [5.74, 6) is 1.32. The van der Waals surface area contributed by atoms with E-state index in [1.807, 2.05) is 27.7 Å². The van der Waals surface area contributed by atoms with Crippen molar-refractivity contribution < 1.29 is 23.8 Å². The molecule has 0 atom stereocenters. The third-order valence-electron chi connectivity index (χ3n) is 4.51. The Kier molecular flexibility index (Phi) is 10.1. The fourth-order valence-corrected chi connectivity index (χ4v) is 3.06. The van der Waals surface area contributed by atoms with Crippen LogP contribution in [0.4, 0.5) is 16.2 Å². The molecule has 0 saturated heterocycles. The lowest BCUT2D eigenvalue weighted by atomic mass is 10.1. The molecule has 0 unspecified atom stereocenters. The maximum atomic E-state index is 12.5. The van der Waals surface area contributed by atoms with Gasteiger partial charge in [-0.2, -0.15) is 0 Å². The zero-order valence-corrected chi connectivity index (χ0v) is 19.7. The molecule has 3 amide bonds. The number of hydrogen-bond donors (Lipinski definition) is 4. The molecule has 0 aliphatic heterocycles. The molecule has 0 aliphatic rings. The number of urea groups is 1. The lowest BCUT2D eigenvalue weighted by molar-refractivity contribution is 0.0951. The van der Waals surface area contributed by atoms with Crippen molar-refractivity contribution in [3.8, 4) is 17.2 Å². The van der Waals surface area contributed by atoms with Gasteiger partial charge in [-0.1, -0.05) is 6.92 Å². The van der Waals surface area contributed by atoms with E-state index in [0.29, 0.717) is 60.6 Å². The van der Waals surface area contributed by atoms with Gasteiger partial charge in [-0.05, 0) is 51.5 Å². The van der Waals surface area contributed by atoms with Crippen molar-refractivity contribution in [2.24, 2.45) is 0 Å². The summed E-state index contributed by atoms with van der Waals surface area (Å²) in [5, 5.41) is 8.31. The van der Waals surface area contributed by atoms with E-state index in [4.69, 9.17) is 19.9 Å². The van der Waals surface area contributed by atoms with Crippen LogP contribution in [0.3, 0.4) is 0 Å². The minimum absolute atomic E-state index is 0.197. The molecule has 2 rings (SSSR count). The van der Waals surface area contributed by atoms with E-state index >= 15 is 0 Å². The van der Waals surface area contributed by atoms with Crippen LogP contribution in [0.25, 0.3) is 0 Å². The van der Waals surface area contributed by atoms with Gasteiger partial charge in [0.2, 0.25) is 0 Å². The summed E-state index contributed by atoms with van der Waals surface area (Å²) in [6.45, 7) is 9.67. The summed E-state index contributed by atoms with van der Waals surface area (Å²) in [6.07, 6.45) is 0.817. The average Bonchev–Trinajstić information content (AvgIpc) is 2.79. The molecule has 0 aromatic heterocycles. The second kappa shape index (κ2) is 13.0. The van der Waals surface area contributed by atoms with Gasteiger partial charge in [-0.15, -0.1) is 0 Å². The van der Waals surface area contributed by atoms with Crippen LogP contribution in [0.1, 0.15) is 50.0 Å². The number of carbonyl (C=O) groups is 2. The largest absolute Gasteiger partial charge is 0.493 e. The molecule has 0 heterocycles. The fourth-order valence-electron chi connectivity index (χ4n) is 3.06. The SMILES string of the molecule is CCCOc1ccc(NC(=O)NCc2cc(OCC)c(N)cc2OCC)cc1C(=O)NCC. The van der Waals surface area contributed by atoms with Gasteiger partial charge >= 0.3 is 6.03 Å². The van der Waals surface area contributed by atoms with Crippen molar-refractivity contribution in [2.45, 2.75) is 40.7 Å². The fraction of sp³-hybridized carbons (Fsp3) is 0.417. The summed E-state index contributed by atoms with van der Waals surface area (Å²) < 4.78 is 16.9. The summed E-state index contributed by atoms with van der Waals surface area (Å²) >= 11 is 0. The quantitative estimate of drug-likeness (QED) is 0.357. The van der Waals surface area contributed by atoms with Crippen LogP contribution in [0.5, 0.6) is 17.2 Å². The summed E-state index contributed by atoms with van der Waals surface area (Å²) in [4.78, 5) is 25.0. The molecule has 2 aromatic carbocycles. The zero-order chi connectivity index (χ0) is 24.2. The van der Waals surface area contributed by atoms with Crippen LogP contribution in [0, 0.1) is 0 Å². The number of rotatable bonds is 12. The van der Waals surface area contributed by atoms with Crippen molar-refractivity contribution >= 4 is 23.3 Å². The van der Waals surface area contributed by atoms with E-state index in [-0.39, 0.29) is 12.5 Å². The lowest BCUT2D eigenvalue weighted by Crippen LogP contribution is -2.29. The number of anilines is 2. The van der Waals surface area contributed by atoms with Crippen molar-refractivity contribution in [2.75, 3.05) is 37.4 Å². The molecule has 2 aromatic rings. The number of hydrogen-bond acceptors (Lipinski definition) is 6. The molecule has 9 heteroatoms. The number of amides is 3. The zero-order valence-electron chi connectivity index (χ0n) is 19.7. The molecule has 5 N–H and O–H groups in total. The molecule has 0 radical (unpaired) electrons. The van der Waals surface area contributed by atoms with Gasteiger partial charge in [0.05, 0.1) is 31.1 Å². The Morgan fingerprint density at radius 3 is 2.27 bits per heavy atom. The molecular weight excluding hydrogens is 424 g/mol. The molecule has 0 aliphatic carbocycles. The van der Waals surface area contributed by atoms with Gasteiger partial charge in [-0.25, -0.2) is 4.79 Å². The lowest BCUT2D eigenvalue weighted by Gasteiger charge is -2.16. The molecular formula is C24H34N4O5. The van der Waals surface area contributed by atoms with Crippen LogP contribution in [0.2, 0.25) is 0 Å². The predicted molar refractivity (Wildman–Crippen MR) is 129 cm³/mol. The summed E-state index contributed by atoms with van der Waals surface area (Å²) in [5.41, 5.74) is 8.05. The molecule has 180 valence electrons. The van der Waals surface area contributed by atoms with E-state index < -0.39 is 6.03 Å². The number of nitrogen functional groups attached to an aromatic ring is 1. The first-order chi connectivity index (χ1) is 15.9. The molecule has 0 spiro atoms. The van der Waals surface area contributed by atoms with Gasteiger partial charge in [-0.3, -0.25) is 4.79 Å². The Labute approximate surface area is 195 Å². The highest BCUT2D eigenvalue weighted by molar-refractivity contribution is 5.99. The first-order valence-electron chi connectivity index (χ1n) is 11.2. The van der Waals surface area contributed by atoms with Crippen molar-refractivity contribution in [3.05, 3.63) is 41.5 Å². The van der Waals surface area contributed by atoms with Gasteiger partial charge in [0.1, 0.15) is 17.2 Å². The van der Waals surface area contributed by atoms with Crippen LogP contribution in [-0.2, 0) is 6.54 Å². The third kappa shape index (κ3) is 7.48. The van der Waals surface area contributed by atoms with E-state index in [1.54, 1.807) is 30.3 Å². The smallest absolute Gasteiger partial charge is 0.319 e. The van der Waals surface area contributed by atoms with E-state index in [1.165, 1.54) is 0 Å². The maximum absolute atomic E-state index is 12.5. The minimum atomic E-state index is -0.434. The van der Waals surface area contributed by atoms with Crippen molar-refractivity contribution in [1.82, 2.24) is 10.6 Å². The second-order valence-corrected chi connectivity index (χ2v) is 7.09. The Morgan fingerprint density at radius 2 is 1.61 bits per heavy atom. The monoisotopic (exact) mass is 458 g/mol. The van der Waals surface area contributed by atoms with E-state index in [2.05, 4.69) is 16.0 Å². The Bertz CT molecular complexity index is 949. The van der Waals surface area contributed by atoms with Crippen LogP contribution >= 0.6 is 0 Å². The highest BCUT2D eigenvalue weighted by Gasteiger charge is 2.15. The first kappa shape index (κ1) is 25.6. The normalized spacial score (nSPS) is 10.3. The summed E-state index contributed by atoms with van der Waals surface area (Å²) in [6, 6.07) is 7.98. The van der Waals surface area contributed by atoms with Gasteiger partial charge in [0.25, 0.3) is 5.91 Å². The predicted octanol–water partition coefficient (Wildman–Crippen LogP) is 3.93. The molecule has 0 fully saturated rings. The number of nitrogens with two attached hydrogens (primary N) is 1. The van der Waals surface area contributed by atoms with Crippen molar-refractivity contribution in [3.63, 3.8) is 0 Å². The highest BCUT2D eigenvalue weighted by Crippen LogP contribution is 2.31. The van der Waals surface area contributed by atoms with Crippen LogP contribution in [-0.4, -0.2) is 38.3 Å². The molecule has 9 nitrogen and oxygen atoms in total. The number of benzene rings is 2. The Balaban J connectivity index is 2.13. The first-order valence-corrected chi connectivity index (χ1v) is 11.2. The second-order valence-electron chi connectivity index (χ2n) is 7.09. The number of carbonyl (C=O) groups excluding carboxylic acids is 2. The topological polar surface area (TPSA) is 124 Å². The molecule has 33 heavy (non-hydrogen) atoms. The number of ether oxygens (including phenoxy) is 3. The van der Waals surface area contributed by atoms with Gasteiger partial charge < -0.3 is 35.9 Å². The van der Waals surface area contributed by atoms with Crippen LogP contribution in [0.15, 0.2) is 30.3 Å². The third-order valence-corrected chi connectivity index (χ3v) is 4.51. The minimum Gasteiger partial charge on any atom is -0.493 e. The Morgan fingerprint density at radius 1 is 0.879 bits per heavy atom. The van der Waals surface area contributed by atoms with E-state index in [0.717, 1.165) is 12.0 Å². The maximum Gasteiger partial charge on any atom is 0.319 e. The highest BCUT2D eigenvalue weighted by atomic mass is 16.5. The number of nitrogens with one attached hydrogen (secondary N) is 3. The summed E-state index contributed by atoms with van der Waals surface area (Å²) in [7, 11) is 0. The van der Waals surface area contributed by atoms with Crippen LogP contribution < -0.4 is 35.9 Å². The van der Waals surface area contributed by atoms with Crippen molar-refractivity contribution in [1.29, 1.82) is 0 Å². The Hall–Kier alpha value is -3.62. The van der Waals surface area contributed by atoms with E-state index in [9.17, 15) is 9.59 Å². The van der Waals surface area contributed by atoms with Gasteiger partial charge in [0, 0.05) is 30.4 Å². The molecule has 0 bridgehead atoms. The standard InChI is InChI=1S/C24H34N4O5/c1-5-11-33-20-10-9-17(13-18(20)23(29)26-6-2)28-24(30)27-15-16-12-22(32-8-4)19(25)14-21(16)31-7-3/h9-10,12-14H,5-8,11,15,25H2,1-4H3,(H,26,29)(H2,27,28,30).